The number of ether oxygens (including phenoxy) is 3. The lowest BCUT2D eigenvalue weighted by Gasteiger charge is -2.13. The van der Waals surface area contributed by atoms with Crippen LogP contribution in [0.2, 0.25) is 0 Å². The van der Waals surface area contributed by atoms with E-state index in [2.05, 4.69) is 0 Å². The summed E-state index contributed by atoms with van der Waals surface area (Å²) in [5, 5.41) is 27.6. The third kappa shape index (κ3) is 6.22. The van der Waals surface area contributed by atoms with Gasteiger partial charge >= 0.3 is 11.9 Å². The molecule has 3 rings (SSSR count). The summed E-state index contributed by atoms with van der Waals surface area (Å²) in [6, 6.07) is 18.0. The number of benzene rings is 2. The molecule has 0 aromatic heterocycles. The number of hydrogen-bond donors (Lipinski definition) is 2. The molecule has 1 fully saturated rings. The molecular weight excluding hydrogens is 438 g/mol. The number of nitrogens with zero attached hydrogens (tertiary/aromatic N) is 1. The number of carbonyl (C=O) groups is 2. The molecule has 178 valence electrons. The molecule has 8 nitrogen and oxygen atoms in total. The van der Waals surface area contributed by atoms with E-state index < -0.39 is 42.1 Å². The zero-order valence-electron chi connectivity index (χ0n) is 19.0. The number of esters is 2. The van der Waals surface area contributed by atoms with Crippen molar-refractivity contribution in [3.8, 4) is 17.6 Å². The Morgan fingerprint density at radius 2 is 1.85 bits per heavy atom. The van der Waals surface area contributed by atoms with Crippen molar-refractivity contribution in [1.29, 1.82) is 5.26 Å². The zero-order chi connectivity index (χ0) is 24.7. The third-order valence-corrected chi connectivity index (χ3v) is 5.72. The van der Waals surface area contributed by atoms with Gasteiger partial charge in [0, 0.05) is 11.6 Å². The fourth-order valence-corrected chi connectivity index (χ4v) is 3.67. The molecule has 1 aliphatic carbocycles. The Balaban J connectivity index is 1.61. The smallest absolute Gasteiger partial charge is 0.330 e. The van der Waals surface area contributed by atoms with Crippen LogP contribution in [0, 0.1) is 28.6 Å². The van der Waals surface area contributed by atoms with E-state index in [9.17, 15) is 20.0 Å². The van der Waals surface area contributed by atoms with Gasteiger partial charge in [-0.2, -0.15) is 5.26 Å². The lowest BCUT2D eigenvalue weighted by Crippen LogP contribution is -2.21. The molecule has 0 aliphatic heterocycles. The monoisotopic (exact) mass is 465 g/mol. The van der Waals surface area contributed by atoms with Gasteiger partial charge in [0.15, 0.2) is 0 Å². The molecule has 1 saturated carbocycles. The second-order valence-electron chi connectivity index (χ2n) is 8.58. The molecule has 8 heteroatoms. The largest absolute Gasteiger partial charge is 0.460 e. The quantitative estimate of drug-likeness (QED) is 0.404. The third-order valence-electron chi connectivity index (χ3n) is 5.72. The molecule has 0 bridgehead atoms. The average Bonchev–Trinajstić information content (AvgIpc) is 3.40. The van der Waals surface area contributed by atoms with Crippen molar-refractivity contribution in [3.05, 3.63) is 72.3 Å². The summed E-state index contributed by atoms with van der Waals surface area (Å²) in [5.41, 5.74) is 0.0253. The Hall–Kier alpha value is -3.67. The summed E-state index contributed by atoms with van der Waals surface area (Å²) in [5.74, 6) is -0.875. The number of carbonyl (C=O) groups excluding carboxylic acids is 2. The second-order valence-corrected chi connectivity index (χ2v) is 8.58. The van der Waals surface area contributed by atoms with Crippen LogP contribution >= 0.6 is 0 Å². The molecule has 34 heavy (non-hydrogen) atoms. The number of allylic oxidation sites excluding steroid dienone is 1. The predicted octanol–water partition coefficient (Wildman–Crippen LogP) is 3.31. The highest BCUT2D eigenvalue weighted by Crippen LogP contribution is 2.59. The predicted molar refractivity (Wildman–Crippen MR) is 121 cm³/mol. The van der Waals surface area contributed by atoms with E-state index in [0.717, 1.165) is 0 Å². The van der Waals surface area contributed by atoms with Gasteiger partial charge in [0.05, 0.1) is 12.5 Å². The van der Waals surface area contributed by atoms with E-state index in [-0.39, 0.29) is 12.5 Å². The molecule has 1 unspecified atom stereocenters. The molecule has 2 aromatic carbocycles. The Morgan fingerprint density at radius 3 is 2.53 bits per heavy atom. The van der Waals surface area contributed by atoms with Gasteiger partial charge in [-0.25, -0.2) is 4.79 Å². The first-order chi connectivity index (χ1) is 16.3. The standard InChI is InChI=1S/C26H27NO7/c1-26(2)21(11-12-23(30)32-16-18(29)15-28)24(26)25(31)34-22(14-27)17-7-6-10-20(13-17)33-19-8-4-3-5-9-19/h3-13,18,21-22,24,28-29H,15-16H2,1-2H3/b12-11-/t18?,21-,22+,24-/m0/s1. The van der Waals surface area contributed by atoms with Crippen molar-refractivity contribution in [2.45, 2.75) is 26.1 Å². The molecular formula is C26H27NO7. The van der Waals surface area contributed by atoms with Crippen LogP contribution in [0.25, 0.3) is 0 Å². The van der Waals surface area contributed by atoms with Gasteiger partial charge < -0.3 is 24.4 Å². The van der Waals surface area contributed by atoms with Gasteiger partial charge in [-0.15, -0.1) is 0 Å². The van der Waals surface area contributed by atoms with Crippen molar-refractivity contribution in [1.82, 2.24) is 0 Å². The van der Waals surface area contributed by atoms with Crippen LogP contribution in [0.15, 0.2) is 66.7 Å². The SMILES string of the molecule is CC1(C)[C@H](C(=O)O[C@H](C#N)c2cccc(Oc3ccccc3)c2)[C@@H]1/C=C\C(=O)OCC(O)CO. The normalized spacial score (nSPS) is 20.1. The van der Waals surface area contributed by atoms with Crippen molar-refractivity contribution in [2.24, 2.45) is 17.3 Å². The Morgan fingerprint density at radius 1 is 1.15 bits per heavy atom. The summed E-state index contributed by atoms with van der Waals surface area (Å²) in [6.07, 6.45) is 0.500. The first kappa shape index (κ1) is 25.0. The van der Waals surface area contributed by atoms with Gasteiger partial charge in [0.1, 0.15) is 30.3 Å². The van der Waals surface area contributed by atoms with Crippen molar-refractivity contribution < 1.29 is 34.0 Å². The van der Waals surface area contributed by atoms with Crippen molar-refractivity contribution in [2.75, 3.05) is 13.2 Å². The second kappa shape index (κ2) is 11.0. The molecule has 0 spiro atoms. The number of nitriles is 1. The first-order valence-electron chi connectivity index (χ1n) is 10.8. The van der Waals surface area contributed by atoms with Gasteiger partial charge in [0.2, 0.25) is 6.10 Å². The van der Waals surface area contributed by atoms with E-state index in [1.54, 1.807) is 30.3 Å². The maximum atomic E-state index is 12.8. The zero-order valence-corrected chi connectivity index (χ0v) is 19.0. The van der Waals surface area contributed by atoms with Crippen LogP contribution in [0.1, 0.15) is 25.5 Å². The average molecular weight is 466 g/mol. The molecule has 0 saturated heterocycles. The van der Waals surface area contributed by atoms with Gasteiger partial charge in [-0.05, 0) is 35.6 Å². The fourth-order valence-electron chi connectivity index (χ4n) is 3.67. The van der Waals surface area contributed by atoms with Crippen LogP contribution in [-0.2, 0) is 19.1 Å². The number of rotatable bonds is 10. The number of para-hydroxylation sites is 1. The maximum absolute atomic E-state index is 12.8. The van der Waals surface area contributed by atoms with E-state index in [1.165, 1.54) is 6.08 Å². The van der Waals surface area contributed by atoms with E-state index in [1.807, 2.05) is 50.2 Å². The summed E-state index contributed by atoms with van der Waals surface area (Å²) in [4.78, 5) is 24.6. The topological polar surface area (TPSA) is 126 Å². The lowest BCUT2D eigenvalue weighted by atomic mass is 10.1. The highest BCUT2D eigenvalue weighted by Gasteiger charge is 2.61. The lowest BCUT2D eigenvalue weighted by molar-refractivity contribution is -0.149. The molecule has 2 N–H and O–H groups in total. The summed E-state index contributed by atoms with van der Waals surface area (Å²) < 4.78 is 16.1. The van der Waals surface area contributed by atoms with Crippen LogP contribution in [0.5, 0.6) is 11.5 Å². The van der Waals surface area contributed by atoms with Crippen LogP contribution in [0.4, 0.5) is 0 Å². The van der Waals surface area contributed by atoms with Crippen LogP contribution in [-0.4, -0.2) is 41.5 Å². The van der Waals surface area contributed by atoms with E-state index >= 15 is 0 Å². The van der Waals surface area contributed by atoms with Gasteiger partial charge in [0.25, 0.3) is 0 Å². The molecule has 2 aromatic rings. The van der Waals surface area contributed by atoms with Gasteiger partial charge in [-0.1, -0.05) is 50.3 Å². The molecule has 0 radical (unpaired) electrons. The highest BCUT2D eigenvalue weighted by atomic mass is 16.5. The molecule has 4 atom stereocenters. The summed E-state index contributed by atoms with van der Waals surface area (Å²) in [6.45, 7) is 2.90. The fraction of sp³-hybridized carbons (Fsp3) is 0.346. The van der Waals surface area contributed by atoms with E-state index in [4.69, 9.17) is 19.3 Å². The first-order valence-corrected chi connectivity index (χ1v) is 10.8. The van der Waals surface area contributed by atoms with Crippen molar-refractivity contribution >= 4 is 11.9 Å². The Bertz CT molecular complexity index is 1070. The summed E-state index contributed by atoms with van der Waals surface area (Å²) in [7, 11) is 0. The summed E-state index contributed by atoms with van der Waals surface area (Å²) >= 11 is 0. The number of hydrogen-bond acceptors (Lipinski definition) is 8. The number of aliphatic hydroxyl groups excluding tert-OH is 2. The van der Waals surface area contributed by atoms with Gasteiger partial charge in [-0.3, -0.25) is 4.79 Å². The number of aliphatic hydroxyl groups is 2. The van der Waals surface area contributed by atoms with Crippen LogP contribution < -0.4 is 4.74 Å². The Labute approximate surface area is 198 Å². The minimum Gasteiger partial charge on any atom is -0.460 e. The highest BCUT2D eigenvalue weighted by molar-refractivity contribution is 5.83. The van der Waals surface area contributed by atoms with E-state index in [0.29, 0.717) is 17.1 Å². The maximum Gasteiger partial charge on any atom is 0.330 e. The molecule has 1 aliphatic rings. The minimum absolute atomic E-state index is 0.276. The minimum atomic E-state index is -1.14. The van der Waals surface area contributed by atoms with Crippen LogP contribution in [0.3, 0.4) is 0 Å². The molecule has 0 amide bonds. The molecule has 0 heterocycles. The van der Waals surface area contributed by atoms with Crippen molar-refractivity contribution in [3.63, 3.8) is 0 Å². The Kier molecular flexibility index (Phi) is 8.05.